The molecule has 1 aliphatic rings. The molecule has 1 aliphatic heterocycles. The average Bonchev–Trinajstić information content (AvgIpc) is 3.13. The molecule has 1 fully saturated rings. The molecule has 6 nitrogen and oxygen atoms in total. The molecule has 2 heterocycles. The monoisotopic (exact) mass is 289 g/mol. The summed E-state index contributed by atoms with van der Waals surface area (Å²) in [7, 11) is 0. The number of Topliss-reactive ketones (excluding diaryl/α,β-unsaturated/α-hetero) is 1. The van der Waals surface area contributed by atoms with Crippen LogP contribution in [-0.4, -0.2) is 33.6 Å². The number of ketones is 1. The summed E-state index contributed by atoms with van der Waals surface area (Å²) in [6.07, 6.45) is 2.89. The van der Waals surface area contributed by atoms with Crippen LogP contribution in [0.4, 0.5) is 0 Å². The number of carbonyl (C=O) groups is 1. The number of hydrogen-bond donors (Lipinski definition) is 2. The van der Waals surface area contributed by atoms with Gasteiger partial charge in [-0.25, -0.2) is 9.67 Å². The molecule has 1 saturated heterocycles. The zero-order valence-electron chi connectivity index (χ0n) is 10.5. The summed E-state index contributed by atoms with van der Waals surface area (Å²) < 4.78 is 1.46. The number of rotatable bonds is 3. The van der Waals surface area contributed by atoms with Crippen molar-refractivity contribution in [2.75, 3.05) is 13.1 Å². The van der Waals surface area contributed by atoms with E-state index in [2.05, 4.69) is 20.7 Å². The Morgan fingerprint density at radius 3 is 2.50 bits per heavy atom. The minimum Gasteiger partial charge on any atom is -0.368 e. The molecule has 2 N–H and O–H groups in total. The van der Waals surface area contributed by atoms with E-state index in [0.29, 0.717) is 22.1 Å². The van der Waals surface area contributed by atoms with E-state index in [9.17, 15) is 4.79 Å². The van der Waals surface area contributed by atoms with Crippen molar-refractivity contribution in [1.82, 2.24) is 25.4 Å². The number of carbonyl (C=O) groups excluding carboxylic acids is 1. The second-order valence-corrected chi connectivity index (χ2v) is 4.69. The minimum atomic E-state index is -0.149. The van der Waals surface area contributed by atoms with Gasteiger partial charge in [0.2, 0.25) is 5.78 Å². The number of halogens is 1. The Balaban J connectivity index is 2.04. The van der Waals surface area contributed by atoms with Crippen LogP contribution in [0.1, 0.15) is 10.4 Å². The number of nitrogens with zero attached hydrogens (tertiary/aromatic N) is 3. The van der Waals surface area contributed by atoms with Gasteiger partial charge in [-0.1, -0.05) is 11.6 Å². The van der Waals surface area contributed by atoms with Crippen molar-refractivity contribution in [2.45, 2.75) is 0 Å². The zero-order valence-corrected chi connectivity index (χ0v) is 11.3. The third kappa shape index (κ3) is 2.37. The fourth-order valence-electron chi connectivity index (χ4n) is 2.00. The molecule has 0 bridgehead atoms. The van der Waals surface area contributed by atoms with Crippen LogP contribution in [0.2, 0.25) is 5.02 Å². The molecule has 0 aliphatic carbocycles. The summed E-state index contributed by atoms with van der Waals surface area (Å²) in [5.41, 5.74) is 0.963. The van der Waals surface area contributed by atoms with E-state index >= 15 is 0 Å². The van der Waals surface area contributed by atoms with Gasteiger partial charge < -0.3 is 10.6 Å². The maximum Gasteiger partial charge on any atom is 0.215 e. The fourth-order valence-corrected chi connectivity index (χ4v) is 2.12. The van der Waals surface area contributed by atoms with Gasteiger partial charge in [0.1, 0.15) is 18.5 Å². The Labute approximate surface area is 120 Å². The van der Waals surface area contributed by atoms with Crippen LogP contribution >= 0.6 is 11.6 Å². The van der Waals surface area contributed by atoms with E-state index in [4.69, 9.17) is 11.6 Å². The van der Waals surface area contributed by atoms with E-state index < -0.39 is 0 Å². The largest absolute Gasteiger partial charge is 0.368 e. The average molecular weight is 290 g/mol. The molecule has 0 spiro atoms. The molecule has 1 aromatic carbocycles. The van der Waals surface area contributed by atoms with Gasteiger partial charge in [-0.2, -0.15) is 5.10 Å². The lowest BCUT2D eigenvalue weighted by molar-refractivity contribution is 0.104. The van der Waals surface area contributed by atoms with Crippen molar-refractivity contribution in [3.63, 3.8) is 0 Å². The van der Waals surface area contributed by atoms with Crippen LogP contribution in [0.15, 0.2) is 42.7 Å². The van der Waals surface area contributed by atoms with Crippen LogP contribution in [0.5, 0.6) is 0 Å². The molecular weight excluding hydrogens is 278 g/mol. The summed E-state index contributed by atoms with van der Waals surface area (Å²) in [5, 5.41) is 10.9. The number of nitrogens with one attached hydrogen (secondary N) is 2. The number of allylic oxidation sites excluding steroid dienone is 1. The van der Waals surface area contributed by atoms with Gasteiger partial charge in [0.15, 0.2) is 5.70 Å². The van der Waals surface area contributed by atoms with E-state index in [1.54, 1.807) is 24.3 Å². The summed E-state index contributed by atoms with van der Waals surface area (Å²) in [6, 6.07) is 6.76. The topological polar surface area (TPSA) is 71.8 Å². The molecule has 3 rings (SSSR count). The molecule has 0 radical (unpaired) electrons. The van der Waals surface area contributed by atoms with Crippen molar-refractivity contribution in [3.05, 3.63) is 53.3 Å². The highest BCUT2D eigenvalue weighted by Crippen LogP contribution is 2.17. The molecule has 7 heteroatoms. The second-order valence-electron chi connectivity index (χ2n) is 4.25. The molecule has 102 valence electrons. The first kappa shape index (κ1) is 12.7. The second kappa shape index (κ2) is 5.34. The van der Waals surface area contributed by atoms with Crippen LogP contribution in [0.25, 0.3) is 5.70 Å². The third-order valence-corrected chi connectivity index (χ3v) is 3.19. The van der Waals surface area contributed by atoms with Crippen molar-refractivity contribution in [2.24, 2.45) is 0 Å². The minimum absolute atomic E-state index is 0.149. The predicted molar refractivity (Wildman–Crippen MR) is 75.0 cm³/mol. The highest BCUT2D eigenvalue weighted by atomic mass is 35.5. The summed E-state index contributed by atoms with van der Waals surface area (Å²) in [6.45, 7) is 1.53. The van der Waals surface area contributed by atoms with Gasteiger partial charge in [-0.05, 0) is 24.3 Å². The first-order valence-corrected chi connectivity index (χ1v) is 6.51. The highest BCUT2D eigenvalue weighted by Gasteiger charge is 2.22. The lowest BCUT2D eigenvalue weighted by atomic mass is 10.1. The highest BCUT2D eigenvalue weighted by molar-refractivity contribution is 6.31. The SMILES string of the molecule is O=C(C(=C1NCCN1)n1cncn1)c1ccc(Cl)cc1. The van der Waals surface area contributed by atoms with Gasteiger partial charge in [0.05, 0.1) is 0 Å². The molecule has 0 amide bonds. The quantitative estimate of drug-likeness (QED) is 0.655. The molecule has 2 aromatic rings. The number of hydrogen-bond acceptors (Lipinski definition) is 5. The van der Waals surface area contributed by atoms with Gasteiger partial charge >= 0.3 is 0 Å². The van der Waals surface area contributed by atoms with Gasteiger partial charge in [-0.15, -0.1) is 0 Å². The molecule has 20 heavy (non-hydrogen) atoms. The van der Waals surface area contributed by atoms with Crippen molar-refractivity contribution in [1.29, 1.82) is 0 Å². The Bertz CT molecular complexity index is 640. The third-order valence-electron chi connectivity index (χ3n) is 2.93. The molecule has 0 unspecified atom stereocenters. The van der Waals surface area contributed by atoms with E-state index in [-0.39, 0.29) is 5.78 Å². The Hall–Kier alpha value is -2.34. The van der Waals surface area contributed by atoms with E-state index in [1.165, 1.54) is 17.3 Å². The number of benzene rings is 1. The van der Waals surface area contributed by atoms with Crippen molar-refractivity contribution in [3.8, 4) is 0 Å². The van der Waals surface area contributed by atoms with Gasteiger partial charge in [0, 0.05) is 23.7 Å². The Kier molecular flexibility index (Phi) is 3.39. The van der Waals surface area contributed by atoms with Crippen molar-refractivity contribution >= 4 is 23.1 Å². The zero-order chi connectivity index (χ0) is 13.9. The molecular formula is C13H12ClN5O. The van der Waals surface area contributed by atoms with E-state index in [1.807, 2.05) is 0 Å². The Morgan fingerprint density at radius 2 is 1.90 bits per heavy atom. The summed E-state index contributed by atoms with van der Waals surface area (Å²) in [5.74, 6) is 0.513. The first-order valence-electron chi connectivity index (χ1n) is 6.13. The maximum atomic E-state index is 12.7. The standard InChI is InChI=1S/C13H12ClN5O/c14-10-3-1-9(2-4-10)12(20)11(13-16-5-6-17-13)19-8-15-7-18-19/h1-4,7-8,16-17H,5-6H2. The first-order chi connectivity index (χ1) is 9.75. The Morgan fingerprint density at radius 1 is 1.20 bits per heavy atom. The van der Waals surface area contributed by atoms with Crippen molar-refractivity contribution < 1.29 is 4.79 Å². The lowest BCUT2D eigenvalue weighted by Gasteiger charge is -2.10. The molecule has 1 aromatic heterocycles. The van der Waals surface area contributed by atoms with Gasteiger partial charge in [-0.3, -0.25) is 4.79 Å². The van der Waals surface area contributed by atoms with Crippen LogP contribution in [0.3, 0.4) is 0 Å². The molecule has 0 saturated carbocycles. The summed E-state index contributed by atoms with van der Waals surface area (Å²) >= 11 is 5.85. The van der Waals surface area contributed by atoms with Gasteiger partial charge in [0.25, 0.3) is 0 Å². The van der Waals surface area contributed by atoms with Crippen LogP contribution in [-0.2, 0) is 0 Å². The van der Waals surface area contributed by atoms with Crippen LogP contribution in [0, 0.1) is 0 Å². The molecule has 0 atom stereocenters. The number of aromatic nitrogens is 3. The predicted octanol–water partition coefficient (Wildman–Crippen LogP) is 1.13. The lowest BCUT2D eigenvalue weighted by Crippen LogP contribution is -2.21. The van der Waals surface area contributed by atoms with E-state index in [0.717, 1.165) is 13.1 Å². The van der Waals surface area contributed by atoms with Crippen LogP contribution < -0.4 is 10.6 Å². The maximum absolute atomic E-state index is 12.7. The summed E-state index contributed by atoms with van der Waals surface area (Å²) in [4.78, 5) is 16.6. The fraction of sp³-hybridized carbons (Fsp3) is 0.154. The smallest absolute Gasteiger partial charge is 0.215 e. The normalized spacial score (nSPS) is 13.8.